The summed E-state index contributed by atoms with van der Waals surface area (Å²) in [4.78, 5) is 12.7. The molecular weight excluding hydrogens is 272 g/mol. The number of hydrogen-bond acceptors (Lipinski definition) is 2. The number of esters is 1. The molecule has 2 aromatic rings. The van der Waals surface area contributed by atoms with Crippen LogP contribution in [0.3, 0.4) is 0 Å². The van der Waals surface area contributed by atoms with E-state index in [4.69, 9.17) is 4.74 Å². The quantitative estimate of drug-likeness (QED) is 0.571. The van der Waals surface area contributed by atoms with E-state index in [1.165, 1.54) is 0 Å². The van der Waals surface area contributed by atoms with Crippen LogP contribution < -0.4 is 4.74 Å². The van der Waals surface area contributed by atoms with Gasteiger partial charge in [-0.25, -0.2) is 4.79 Å². The van der Waals surface area contributed by atoms with E-state index in [1.807, 2.05) is 60.6 Å². The predicted octanol–water partition coefficient (Wildman–Crippen LogP) is 5.06. The third kappa shape index (κ3) is 2.92. The summed E-state index contributed by atoms with van der Waals surface area (Å²) in [6.45, 7) is 14.0. The maximum absolute atomic E-state index is 12.7. The highest BCUT2D eigenvalue weighted by molar-refractivity contribution is 5.94. The van der Waals surface area contributed by atoms with Crippen molar-refractivity contribution >= 4 is 5.97 Å². The Balaban J connectivity index is 2.47. The van der Waals surface area contributed by atoms with Gasteiger partial charge < -0.3 is 4.74 Å². The van der Waals surface area contributed by atoms with Crippen LogP contribution in [-0.4, -0.2) is 5.97 Å². The van der Waals surface area contributed by atoms with Gasteiger partial charge in [0.05, 0.1) is 5.56 Å². The normalized spacial score (nSPS) is 10.7. The van der Waals surface area contributed by atoms with Crippen LogP contribution in [0.4, 0.5) is 0 Å². The summed E-state index contributed by atoms with van der Waals surface area (Å²) in [7, 11) is 0. The summed E-state index contributed by atoms with van der Waals surface area (Å²) < 4.78 is 5.79. The van der Waals surface area contributed by atoms with Crippen LogP contribution in [0.2, 0.25) is 0 Å². The molecule has 2 aromatic carbocycles. The molecule has 0 aliphatic carbocycles. The molecule has 0 atom stereocenters. The standard InChI is InChI=1S/C20H24O2/c1-11-8-14(4)18(15(5)9-11)20(21)22-19-16(6)12(2)10-13(3)17(19)7/h8-10H,1-7H3. The Kier molecular flexibility index (Phi) is 4.41. The minimum Gasteiger partial charge on any atom is -0.422 e. The van der Waals surface area contributed by atoms with E-state index in [0.29, 0.717) is 11.3 Å². The van der Waals surface area contributed by atoms with E-state index >= 15 is 0 Å². The second-order valence-electron chi connectivity index (χ2n) is 6.25. The number of carbonyl (C=O) groups is 1. The van der Waals surface area contributed by atoms with Gasteiger partial charge in [0.15, 0.2) is 0 Å². The lowest BCUT2D eigenvalue weighted by Gasteiger charge is -2.16. The molecule has 2 nitrogen and oxygen atoms in total. The highest BCUT2D eigenvalue weighted by Crippen LogP contribution is 2.30. The maximum Gasteiger partial charge on any atom is 0.344 e. The summed E-state index contributed by atoms with van der Waals surface area (Å²) in [6.07, 6.45) is 0. The van der Waals surface area contributed by atoms with Crippen molar-refractivity contribution in [1.29, 1.82) is 0 Å². The van der Waals surface area contributed by atoms with Crippen molar-refractivity contribution in [3.63, 3.8) is 0 Å². The fourth-order valence-corrected chi connectivity index (χ4v) is 2.98. The number of ether oxygens (including phenoxy) is 1. The van der Waals surface area contributed by atoms with Gasteiger partial charge in [0.2, 0.25) is 0 Å². The lowest BCUT2D eigenvalue weighted by Crippen LogP contribution is -2.14. The minimum absolute atomic E-state index is 0.272. The Bertz CT molecular complexity index is 706. The van der Waals surface area contributed by atoms with Crippen molar-refractivity contribution in [3.8, 4) is 5.75 Å². The molecule has 0 aliphatic heterocycles. The molecule has 116 valence electrons. The van der Waals surface area contributed by atoms with E-state index in [-0.39, 0.29) is 5.97 Å². The molecule has 0 aromatic heterocycles. The lowest BCUT2D eigenvalue weighted by molar-refractivity contribution is 0.0730. The first kappa shape index (κ1) is 16.3. The van der Waals surface area contributed by atoms with Crippen molar-refractivity contribution in [1.82, 2.24) is 0 Å². The number of aryl methyl sites for hydroxylation is 5. The molecule has 0 radical (unpaired) electrons. The van der Waals surface area contributed by atoms with E-state index in [2.05, 4.69) is 6.07 Å². The van der Waals surface area contributed by atoms with Crippen molar-refractivity contribution in [2.75, 3.05) is 0 Å². The average Bonchev–Trinajstić information content (AvgIpc) is 2.40. The molecule has 0 aliphatic rings. The van der Waals surface area contributed by atoms with Gasteiger partial charge in [-0.05, 0) is 81.8 Å². The van der Waals surface area contributed by atoms with Crippen LogP contribution in [0.5, 0.6) is 5.75 Å². The molecule has 0 unspecified atom stereocenters. The average molecular weight is 296 g/mol. The van der Waals surface area contributed by atoms with E-state index in [0.717, 1.165) is 38.9 Å². The second-order valence-corrected chi connectivity index (χ2v) is 6.25. The highest BCUT2D eigenvalue weighted by atomic mass is 16.5. The van der Waals surface area contributed by atoms with E-state index in [9.17, 15) is 4.79 Å². The van der Waals surface area contributed by atoms with E-state index in [1.54, 1.807) is 0 Å². The number of carbonyl (C=O) groups excluding carboxylic acids is 1. The van der Waals surface area contributed by atoms with Crippen LogP contribution in [0, 0.1) is 48.5 Å². The van der Waals surface area contributed by atoms with E-state index < -0.39 is 0 Å². The number of benzene rings is 2. The molecule has 0 bridgehead atoms. The van der Waals surface area contributed by atoms with Crippen LogP contribution in [0.15, 0.2) is 18.2 Å². The molecule has 2 heteroatoms. The van der Waals surface area contributed by atoms with Crippen LogP contribution in [0.1, 0.15) is 49.3 Å². The van der Waals surface area contributed by atoms with Gasteiger partial charge in [0, 0.05) is 0 Å². The van der Waals surface area contributed by atoms with Gasteiger partial charge in [-0.3, -0.25) is 0 Å². The number of hydrogen-bond donors (Lipinski definition) is 0. The van der Waals surface area contributed by atoms with Crippen molar-refractivity contribution in [2.45, 2.75) is 48.5 Å². The third-order valence-electron chi connectivity index (χ3n) is 4.37. The Hall–Kier alpha value is -2.09. The fraction of sp³-hybridized carbons (Fsp3) is 0.350. The molecule has 0 amide bonds. The van der Waals surface area contributed by atoms with Crippen LogP contribution in [-0.2, 0) is 0 Å². The molecule has 0 saturated heterocycles. The zero-order valence-corrected chi connectivity index (χ0v) is 14.5. The van der Waals surface area contributed by atoms with Gasteiger partial charge in [-0.1, -0.05) is 23.8 Å². The third-order valence-corrected chi connectivity index (χ3v) is 4.37. The topological polar surface area (TPSA) is 26.3 Å². The van der Waals surface area contributed by atoms with Gasteiger partial charge in [0.1, 0.15) is 5.75 Å². The zero-order chi connectivity index (χ0) is 16.6. The molecule has 0 saturated carbocycles. The molecule has 0 N–H and O–H groups in total. The molecule has 0 heterocycles. The Morgan fingerprint density at radius 1 is 0.727 bits per heavy atom. The maximum atomic E-state index is 12.7. The minimum atomic E-state index is -0.272. The fourth-order valence-electron chi connectivity index (χ4n) is 2.98. The van der Waals surface area contributed by atoms with Crippen LogP contribution >= 0.6 is 0 Å². The van der Waals surface area contributed by atoms with Crippen LogP contribution in [0.25, 0.3) is 0 Å². The van der Waals surface area contributed by atoms with Gasteiger partial charge >= 0.3 is 5.97 Å². The molecule has 0 fully saturated rings. The summed E-state index contributed by atoms with van der Waals surface area (Å²) in [5.41, 5.74) is 8.09. The first-order valence-electron chi connectivity index (χ1n) is 7.59. The molecular formula is C20H24O2. The largest absolute Gasteiger partial charge is 0.422 e. The first-order valence-corrected chi connectivity index (χ1v) is 7.59. The summed E-state index contributed by atoms with van der Waals surface area (Å²) in [5, 5.41) is 0. The van der Waals surface area contributed by atoms with Crippen molar-refractivity contribution < 1.29 is 9.53 Å². The highest BCUT2D eigenvalue weighted by Gasteiger charge is 2.18. The summed E-state index contributed by atoms with van der Waals surface area (Å²) >= 11 is 0. The number of rotatable bonds is 2. The van der Waals surface area contributed by atoms with Crippen molar-refractivity contribution in [3.05, 3.63) is 62.7 Å². The second kappa shape index (κ2) is 5.96. The van der Waals surface area contributed by atoms with Gasteiger partial charge in [-0.15, -0.1) is 0 Å². The molecule has 0 spiro atoms. The van der Waals surface area contributed by atoms with Crippen molar-refractivity contribution in [2.24, 2.45) is 0 Å². The summed E-state index contributed by atoms with van der Waals surface area (Å²) in [6, 6.07) is 6.17. The smallest absolute Gasteiger partial charge is 0.344 e. The predicted molar refractivity (Wildman–Crippen MR) is 91.0 cm³/mol. The SMILES string of the molecule is Cc1cc(C)c(C(=O)Oc2c(C)c(C)cc(C)c2C)c(C)c1. The molecule has 2 rings (SSSR count). The van der Waals surface area contributed by atoms with Gasteiger partial charge in [-0.2, -0.15) is 0 Å². The lowest BCUT2D eigenvalue weighted by atomic mass is 9.99. The Morgan fingerprint density at radius 3 is 1.64 bits per heavy atom. The van der Waals surface area contributed by atoms with Gasteiger partial charge in [0.25, 0.3) is 0 Å². The summed E-state index contributed by atoms with van der Waals surface area (Å²) in [5.74, 6) is 0.424. The first-order chi connectivity index (χ1) is 10.2. The Labute approximate surface area is 133 Å². The Morgan fingerprint density at radius 2 is 1.18 bits per heavy atom. The monoisotopic (exact) mass is 296 g/mol. The zero-order valence-electron chi connectivity index (χ0n) is 14.5. The molecule has 22 heavy (non-hydrogen) atoms.